The third-order valence-corrected chi connectivity index (χ3v) is 2.97. The first-order valence-electron chi connectivity index (χ1n) is 4.84. The van der Waals surface area contributed by atoms with Gasteiger partial charge in [-0.25, -0.2) is 4.79 Å². The van der Waals surface area contributed by atoms with Crippen molar-refractivity contribution < 1.29 is 19.4 Å². The highest BCUT2D eigenvalue weighted by Crippen LogP contribution is 2.43. The molecule has 0 amide bonds. The van der Waals surface area contributed by atoms with Crippen molar-refractivity contribution in [3.05, 3.63) is 22.2 Å². The van der Waals surface area contributed by atoms with E-state index in [2.05, 4.69) is 0 Å². The van der Waals surface area contributed by atoms with Gasteiger partial charge in [-0.2, -0.15) is 0 Å². The summed E-state index contributed by atoms with van der Waals surface area (Å²) in [6.07, 6.45) is 0.594. The average molecular weight is 243 g/mol. The number of fused-ring (bicyclic) bond motifs is 1. The molecule has 1 aromatic rings. The van der Waals surface area contributed by atoms with Crippen molar-refractivity contribution in [1.82, 2.24) is 0 Å². The minimum absolute atomic E-state index is 0.00885. The number of hydrogen-bond donors (Lipinski definition) is 1. The quantitative estimate of drug-likeness (QED) is 0.865. The second-order valence-electron chi connectivity index (χ2n) is 3.69. The van der Waals surface area contributed by atoms with E-state index in [1.807, 2.05) is 6.92 Å². The molecule has 86 valence electrons. The molecule has 0 spiro atoms. The van der Waals surface area contributed by atoms with Gasteiger partial charge in [-0.3, -0.25) is 0 Å². The highest BCUT2D eigenvalue weighted by molar-refractivity contribution is 6.34. The molecular weight excluding hydrogens is 232 g/mol. The fourth-order valence-corrected chi connectivity index (χ4v) is 2.12. The Balaban J connectivity index is 2.64. The fourth-order valence-electron chi connectivity index (χ4n) is 1.82. The number of ether oxygens (including phenoxy) is 2. The summed E-state index contributed by atoms with van der Waals surface area (Å²) in [5.74, 6) is -0.0863. The number of carboxylic acids is 1. The predicted molar refractivity (Wildman–Crippen MR) is 58.8 cm³/mol. The SMILES string of the molecule is COc1cc(C(=O)O)c(Cl)c2c1OC(C)C2. The predicted octanol–water partition coefficient (Wildman–Crippen LogP) is 2.37. The molecule has 1 aliphatic heterocycles. The van der Waals surface area contributed by atoms with Gasteiger partial charge in [0.05, 0.1) is 17.7 Å². The summed E-state index contributed by atoms with van der Waals surface area (Å²) in [4.78, 5) is 11.0. The summed E-state index contributed by atoms with van der Waals surface area (Å²) in [5.41, 5.74) is 0.765. The van der Waals surface area contributed by atoms with Crippen LogP contribution in [0.25, 0.3) is 0 Å². The molecule has 1 N–H and O–H groups in total. The van der Waals surface area contributed by atoms with Gasteiger partial charge < -0.3 is 14.6 Å². The van der Waals surface area contributed by atoms with E-state index in [1.165, 1.54) is 13.2 Å². The summed E-state index contributed by atoms with van der Waals surface area (Å²) >= 11 is 6.03. The number of carboxylic acid groups (broad SMARTS) is 1. The van der Waals surface area contributed by atoms with Crippen LogP contribution in [0.2, 0.25) is 5.02 Å². The smallest absolute Gasteiger partial charge is 0.337 e. The minimum Gasteiger partial charge on any atom is -0.493 e. The van der Waals surface area contributed by atoms with E-state index in [9.17, 15) is 4.79 Å². The molecule has 16 heavy (non-hydrogen) atoms. The fraction of sp³-hybridized carbons (Fsp3) is 0.364. The summed E-state index contributed by atoms with van der Waals surface area (Å²) in [5, 5.41) is 9.25. The molecule has 0 fully saturated rings. The summed E-state index contributed by atoms with van der Waals surface area (Å²) < 4.78 is 10.6. The topological polar surface area (TPSA) is 55.8 Å². The largest absolute Gasteiger partial charge is 0.493 e. The van der Waals surface area contributed by atoms with Crippen LogP contribution in [0, 0.1) is 0 Å². The van der Waals surface area contributed by atoms with Crippen molar-refractivity contribution in [3.8, 4) is 11.5 Å². The highest BCUT2D eigenvalue weighted by Gasteiger charge is 2.29. The van der Waals surface area contributed by atoms with Gasteiger partial charge in [-0.05, 0) is 6.92 Å². The maximum Gasteiger partial charge on any atom is 0.337 e. The first-order chi connectivity index (χ1) is 7.54. The lowest BCUT2D eigenvalue weighted by Gasteiger charge is -2.10. The van der Waals surface area contributed by atoms with E-state index in [4.69, 9.17) is 26.2 Å². The molecule has 1 aliphatic rings. The van der Waals surface area contributed by atoms with Gasteiger partial charge >= 0.3 is 5.97 Å². The minimum atomic E-state index is -1.06. The van der Waals surface area contributed by atoms with E-state index in [1.54, 1.807) is 0 Å². The van der Waals surface area contributed by atoms with Gasteiger partial charge in [0.2, 0.25) is 0 Å². The molecule has 1 heterocycles. The van der Waals surface area contributed by atoms with Gasteiger partial charge in [-0.1, -0.05) is 11.6 Å². The van der Waals surface area contributed by atoms with Gasteiger partial charge in [0.25, 0.3) is 0 Å². The molecule has 0 radical (unpaired) electrons. The number of rotatable bonds is 2. The van der Waals surface area contributed by atoms with E-state index < -0.39 is 5.97 Å². The molecule has 1 atom stereocenters. The molecule has 0 aliphatic carbocycles. The first-order valence-corrected chi connectivity index (χ1v) is 5.21. The van der Waals surface area contributed by atoms with Gasteiger partial charge in [0.15, 0.2) is 11.5 Å². The van der Waals surface area contributed by atoms with Crippen molar-refractivity contribution in [3.63, 3.8) is 0 Å². The van der Waals surface area contributed by atoms with Crippen LogP contribution in [0.5, 0.6) is 11.5 Å². The number of aromatic carboxylic acids is 1. The van der Waals surface area contributed by atoms with E-state index >= 15 is 0 Å². The number of methoxy groups -OCH3 is 1. The number of hydrogen-bond acceptors (Lipinski definition) is 3. The maximum atomic E-state index is 11.0. The Kier molecular flexibility index (Phi) is 2.68. The van der Waals surface area contributed by atoms with Crippen LogP contribution >= 0.6 is 11.6 Å². The zero-order chi connectivity index (χ0) is 11.9. The van der Waals surface area contributed by atoms with E-state index in [0.29, 0.717) is 23.5 Å². The van der Waals surface area contributed by atoms with Gasteiger partial charge in [0.1, 0.15) is 6.10 Å². The summed E-state index contributed by atoms with van der Waals surface area (Å²) in [6.45, 7) is 1.90. The molecule has 0 saturated carbocycles. The Morgan fingerprint density at radius 3 is 2.94 bits per heavy atom. The maximum absolute atomic E-state index is 11.0. The Hall–Kier alpha value is -1.42. The lowest BCUT2D eigenvalue weighted by Crippen LogP contribution is -2.05. The molecule has 0 aromatic heterocycles. The van der Waals surface area contributed by atoms with Gasteiger partial charge in [0, 0.05) is 18.1 Å². The van der Waals surface area contributed by atoms with Crippen molar-refractivity contribution >= 4 is 17.6 Å². The average Bonchev–Trinajstić information content (AvgIpc) is 2.60. The second kappa shape index (κ2) is 3.87. The Bertz CT molecular complexity index is 456. The number of benzene rings is 1. The molecule has 2 rings (SSSR count). The standard InChI is InChI=1S/C11H11ClO4/c1-5-3-6-9(12)7(11(13)14)4-8(15-2)10(6)16-5/h4-5H,3H2,1-2H3,(H,13,14). The van der Waals surface area contributed by atoms with Crippen LogP contribution in [-0.4, -0.2) is 24.3 Å². The van der Waals surface area contributed by atoms with Crippen LogP contribution in [0.4, 0.5) is 0 Å². The summed E-state index contributed by atoms with van der Waals surface area (Å²) in [7, 11) is 1.47. The lowest BCUT2D eigenvalue weighted by atomic mass is 10.1. The Morgan fingerprint density at radius 1 is 1.69 bits per heavy atom. The normalized spacial score (nSPS) is 17.8. The molecule has 1 unspecified atom stereocenters. The van der Waals surface area contributed by atoms with Crippen molar-refractivity contribution in [2.75, 3.05) is 7.11 Å². The Morgan fingerprint density at radius 2 is 2.38 bits per heavy atom. The third kappa shape index (κ3) is 1.59. The number of halogens is 1. The third-order valence-electron chi connectivity index (χ3n) is 2.54. The molecule has 5 heteroatoms. The molecule has 4 nitrogen and oxygen atoms in total. The van der Waals surface area contributed by atoms with E-state index in [0.717, 1.165) is 0 Å². The Labute approximate surface area is 97.7 Å². The summed E-state index contributed by atoms with van der Waals surface area (Å²) in [6, 6.07) is 1.39. The first kappa shape index (κ1) is 11.1. The van der Waals surface area contributed by atoms with Crippen LogP contribution in [-0.2, 0) is 6.42 Å². The molecule has 0 saturated heterocycles. The van der Waals surface area contributed by atoms with Crippen LogP contribution in [0.1, 0.15) is 22.8 Å². The number of carbonyl (C=O) groups is 1. The zero-order valence-corrected chi connectivity index (χ0v) is 9.67. The van der Waals surface area contributed by atoms with Crippen molar-refractivity contribution in [1.29, 1.82) is 0 Å². The van der Waals surface area contributed by atoms with Crippen LogP contribution in [0.3, 0.4) is 0 Å². The second-order valence-corrected chi connectivity index (χ2v) is 4.06. The van der Waals surface area contributed by atoms with Crippen molar-refractivity contribution in [2.24, 2.45) is 0 Å². The molecule has 0 bridgehead atoms. The zero-order valence-electron chi connectivity index (χ0n) is 8.91. The van der Waals surface area contributed by atoms with Gasteiger partial charge in [-0.15, -0.1) is 0 Å². The highest BCUT2D eigenvalue weighted by atomic mass is 35.5. The van der Waals surface area contributed by atoms with Crippen LogP contribution in [0.15, 0.2) is 6.07 Å². The monoisotopic (exact) mass is 242 g/mol. The lowest BCUT2D eigenvalue weighted by molar-refractivity contribution is 0.0696. The van der Waals surface area contributed by atoms with Crippen LogP contribution < -0.4 is 9.47 Å². The molecule has 1 aromatic carbocycles. The van der Waals surface area contributed by atoms with E-state index in [-0.39, 0.29) is 16.7 Å². The molecular formula is C11H11ClO4. The van der Waals surface area contributed by atoms with Crippen molar-refractivity contribution in [2.45, 2.75) is 19.4 Å².